The minimum atomic E-state index is 0.00648. The third-order valence-electron chi connectivity index (χ3n) is 3.68. The van der Waals surface area contributed by atoms with Gasteiger partial charge in [0.25, 0.3) is 0 Å². The van der Waals surface area contributed by atoms with Crippen molar-refractivity contribution in [3.63, 3.8) is 0 Å². The normalized spacial score (nSPS) is 12.9. The van der Waals surface area contributed by atoms with Crippen LogP contribution < -0.4 is 0 Å². The van der Waals surface area contributed by atoms with Gasteiger partial charge in [0, 0.05) is 47.5 Å². The second-order valence-electron chi connectivity index (χ2n) is 5.21. The van der Waals surface area contributed by atoms with E-state index in [4.69, 9.17) is 18.9 Å². The van der Waals surface area contributed by atoms with Crippen molar-refractivity contribution in [1.82, 2.24) is 0 Å². The van der Waals surface area contributed by atoms with Crippen LogP contribution in [0.3, 0.4) is 0 Å². The zero-order valence-electron chi connectivity index (χ0n) is 13.9. The number of hydrogen-bond acceptors (Lipinski definition) is 4. The van der Waals surface area contributed by atoms with Gasteiger partial charge in [-0.3, -0.25) is 0 Å². The van der Waals surface area contributed by atoms with E-state index in [1.165, 1.54) is 37.8 Å². The molecule has 0 fully saturated rings. The van der Waals surface area contributed by atoms with Crippen LogP contribution in [-0.4, -0.2) is 60.1 Å². The maximum absolute atomic E-state index is 5.21. The topological polar surface area (TPSA) is 36.9 Å². The van der Waals surface area contributed by atoms with Crippen molar-refractivity contribution in [2.24, 2.45) is 0 Å². The van der Waals surface area contributed by atoms with Crippen LogP contribution in [0.5, 0.6) is 0 Å². The molecule has 0 aromatic heterocycles. The van der Waals surface area contributed by atoms with Crippen molar-refractivity contribution >= 4 is 19.0 Å². The molecule has 0 heterocycles. The zero-order valence-corrected chi connectivity index (χ0v) is 16.7. The molecule has 4 nitrogen and oxygen atoms in total. The molecular formula is C14H34O4Si2. The standard InChI is InChI=1S/C14H34O4Si2/c1-15-13(16-2)11-19-9-7-5-6-8-10-20-12-14(17-3)18-4/h13-14H,5-12,19-20H2,1-4H3. The number of unbranched alkanes of at least 4 members (excludes halogenated alkanes) is 3. The van der Waals surface area contributed by atoms with E-state index in [-0.39, 0.29) is 31.6 Å². The Kier molecular flexibility index (Phi) is 15.9. The van der Waals surface area contributed by atoms with E-state index in [2.05, 4.69) is 0 Å². The molecule has 0 aliphatic carbocycles. The maximum Gasteiger partial charge on any atom is 0.153 e. The largest absolute Gasteiger partial charge is 0.356 e. The van der Waals surface area contributed by atoms with E-state index >= 15 is 0 Å². The minimum Gasteiger partial charge on any atom is -0.356 e. The third kappa shape index (κ3) is 12.0. The van der Waals surface area contributed by atoms with Crippen LogP contribution in [0.1, 0.15) is 25.7 Å². The maximum atomic E-state index is 5.21. The van der Waals surface area contributed by atoms with Crippen molar-refractivity contribution in [3.05, 3.63) is 0 Å². The van der Waals surface area contributed by atoms with Crippen LogP contribution in [0.2, 0.25) is 24.2 Å². The van der Waals surface area contributed by atoms with Gasteiger partial charge in [-0.25, -0.2) is 0 Å². The van der Waals surface area contributed by atoms with Crippen LogP contribution >= 0.6 is 0 Å². The first-order chi connectivity index (χ1) is 9.78. The van der Waals surface area contributed by atoms with Crippen molar-refractivity contribution < 1.29 is 18.9 Å². The molecule has 0 aromatic carbocycles. The fourth-order valence-corrected chi connectivity index (χ4v) is 5.95. The van der Waals surface area contributed by atoms with Crippen LogP contribution in [0.25, 0.3) is 0 Å². The molecule has 0 unspecified atom stereocenters. The molecule has 0 radical (unpaired) electrons. The van der Waals surface area contributed by atoms with Crippen molar-refractivity contribution in [3.8, 4) is 0 Å². The van der Waals surface area contributed by atoms with Gasteiger partial charge in [0.2, 0.25) is 0 Å². The zero-order chi connectivity index (χ0) is 15.1. The molecule has 0 saturated heterocycles. The van der Waals surface area contributed by atoms with Crippen molar-refractivity contribution in [2.45, 2.75) is 62.4 Å². The predicted molar refractivity (Wildman–Crippen MR) is 90.4 cm³/mol. The highest BCUT2D eigenvalue weighted by Crippen LogP contribution is 2.09. The average molecular weight is 323 g/mol. The van der Waals surface area contributed by atoms with Gasteiger partial charge in [0.15, 0.2) is 12.6 Å². The summed E-state index contributed by atoms with van der Waals surface area (Å²) >= 11 is 0. The van der Waals surface area contributed by atoms with Gasteiger partial charge in [-0.05, 0) is 12.1 Å². The SMILES string of the molecule is COC(C[SiH2]CCCCCC[SiH2]CC(OC)OC)OC. The van der Waals surface area contributed by atoms with Gasteiger partial charge in [-0.15, -0.1) is 0 Å². The molecule has 0 bridgehead atoms. The van der Waals surface area contributed by atoms with Crippen LogP contribution in [-0.2, 0) is 18.9 Å². The Bertz CT molecular complexity index is 168. The molecule has 0 aliphatic heterocycles. The summed E-state index contributed by atoms with van der Waals surface area (Å²) in [6.45, 7) is 0. The third-order valence-corrected chi connectivity index (χ3v) is 7.44. The van der Waals surface area contributed by atoms with E-state index in [0.29, 0.717) is 0 Å². The van der Waals surface area contributed by atoms with Gasteiger partial charge >= 0.3 is 0 Å². The lowest BCUT2D eigenvalue weighted by Crippen LogP contribution is -2.15. The highest BCUT2D eigenvalue weighted by atomic mass is 28.2. The van der Waals surface area contributed by atoms with Gasteiger partial charge in [0.05, 0.1) is 0 Å². The number of hydrogen-bond donors (Lipinski definition) is 0. The monoisotopic (exact) mass is 322 g/mol. The Morgan fingerprint density at radius 3 is 1.25 bits per heavy atom. The predicted octanol–water partition coefficient (Wildman–Crippen LogP) is 1.80. The Hall–Kier alpha value is 0.274. The molecule has 0 aliphatic rings. The number of rotatable bonds is 15. The first kappa shape index (κ1) is 20.3. The number of methoxy groups -OCH3 is 4. The minimum absolute atomic E-state index is 0.00648. The summed E-state index contributed by atoms with van der Waals surface area (Å²) in [6.07, 6.45) is 5.66. The fraction of sp³-hybridized carbons (Fsp3) is 1.00. The van der Waals surface area contributed by atoms with E-state index in [0.717, 1.165) is 12.1 Å². The quantitative estimate of drug-likeness (QED) is 0.262. The molecule has 122 valence electrons. The molecule has 0 atom stereocenters. The molecule has 6 heteroatoms. The average Bonchev–Trinajstić information content (AvgIpc) is 2.49. The van der Waals surface area contributed by atoms with Crippen molar-refractivity contribution in [1.29, 1.82) is 0 Å². The summed E-state index contributed by atoms with van der Waals surface area (Å²) in [5.74, 6) is 0. The van der Waals surface area contributed by atoms with E-state index in [1.807, 2.05) is 0 Å². The van der Waals surface area contributed by atoms with Crippen LogP contribution in [0, 0.1) is 0 Å². The highest BCUT2D eigenvalue weighted by Gasteiger charge is 2.05. The lowest BCUT2D eigenvalue weighted by atomic mass is 10.2. The van der Waals surface area contributed by atoms with Gasteiger partial charge < -0.3 is 18.9 Å². The van der Waals surface area contributed by atoms with Gasteiger partial charge in [-0.1, -0.05) is 37.8 Å². The number of ether oxygens (including phenoxy) is 4. The Morgan fingerprint density at radius 1 is 0.600 bits per heavy atom. The summed E-state index contributed by atoms with van der Waals surface area (Å²) in [6, 6.07) is 5.15. The summed E-state index contributed by atoms with van der Waals surface area (Å²) in [5.41, 5.74) is 0. The molecule has 0 amide bonds. The van der Waals surface area contributed by atoms with E-state index in [9.17, 15) is 0 Å². The molecule has 0 aromatic rings. The van der Waals surface area contributed by atoms with E-state index < -0.39 is 0 Å². The van der Waals surface area contributed by atoms with Crippen LogP contribution in [0.4, 0.5) is 0 Å². The second kappa shape index (κ2) is 15.7. The molecular weight excluding hydrogens is 288 g/mol. The van der Waals surface area contributed by atoms with Crippen LogP contribution in [0.15, 0.2) is 0 Å². The summed E-state index contributed by atoms with van der Waals surface area (Å²) in [7, 11) is 6.92. The second-order valence-corrected chi connectivity index (χ2v) is 9.19. The van der Waals surface area contributed by atoms with E-state index in [1.54, 1.807) is 28.4 Å². The smallest absolute Gasteiger partial charge is 0.153 e. The Balaban J connectivity index is 3.17. The molecule has 0 rings (SSSR count). The van der Waals surface area contributed by atoms with Gasteiger partial charge in [-0.2, -0.15) is 0 Å². The Labute approximate surface area is 129 Å². The fourth-order valence-electron chi connectivity index (χ4n) is 2.35. The van der Waals surface area contributed by atoms with Crippen molar-refractivity contribution in [2.75, 3.05) is 28.4 Å². The molecule has 20 heavy (non-hydrogen) atoms. The summed E-state index contributed by atoms with van der Waals surface area (Å²) < 4.78 is 20.8. The summed E-state index contributed by atoms with van der Waals surface area (Å²) in [5, 5.41) is 0. The Morgan fingerprint density at radius 2 is 0.950 bits per heavy atom. The lowest BCUT2D eigenvalue weighted by molar-refractivity contribution is -0.0878. The van der Waals surface area contributed by atoms with Gasteiger partial charge in [0.1, 0.15) is 0 Å². The first-order valence-corrected chi connectivity index (χ1v) is 11.9. The molecule has 0 spiro atoms. The first-order valence-electron chi connectivity index (χ1n) is 7.89. The molecule has 0 N–H and O–H groups in total. The lowest BCUT2D eigenvalue weighted by Gasteiger charge is -2.12. The highest BCUT2D eigenvalue weighted by molar-refractivity contribution is 6.35. The molecule has 0 saturated carbocycles. The summed E-state index contributed by atoms with van der Waals surface area (Å²) in [4.78, 5) is 0.